The Labute approximate surface area is 187 Å². The van der Waals surface area contributed by atoms with E-state index in [1.54, 1.807) is 0 Å². The lowest BCUT2D eigenvalue weighted by atomic mass is 10.1. The summed E-state index contributed by atoms with van der Waals surface area (Å²) < 4.78 is 0. The lowest BCUT2D eigenvalue weighted by Gasteiger charge is -2.32. The van der Waals surface area contributed by atoms with Crippen molar-refractivity contribution in [1.82, 2.24) is 15.5 Å². The number of rotatable bonds is 8. The molecule has 28 heavy (non-hydrogen) atoms. The molecule has 3 N–H and O–H groups in total. The maximum Gasteiger partial charge on any atom is 0.224 e. The monoisotopic (exact) mass is 501 g/mol. The number of guanidine groups is 1. The molecule has 0 aliphatic carbocycles. The lowest BCUT2D eigenvalue weighted by molar-refractivity contribution is -0.116. The van der Waals surface area contributed by atoms with Gasteiger partial charge in [0.25, 0.3) is 0 Å². The van der Waals surface area contributed by atoms with Crippen LogP contribution in [-0.4, -0.2) is 49.5 Å². The zero-order chi connectivity index (χ0) is 19.5. The number of piperidine rings is 1. The number of aliphatic imine (C=N–C) groups is 1. The summed E-state index contributed by atoms with van der Waals surface area (Å²) >= 11 is 0. The molecular formula is C21H36IN5O. The van der Waals surface area contributed by atoms with E-state index < -0.39 is 0 Å². The van der Waals surface area contributed by atoms with E-state index in [4.69, 9.17) is 0 Å². The van der Waals surface area contributed by atoms with E-state index in [1.807, 2.05) is 32.2 Å². The highest BCUT2D eigenvalue weighted by Gasteiger charge is 2.19. The van der Waals surface area contributed by atoms with Crippen molar-refractivity contribution in [3.63, 3.8) is 0 Å². The molecule has 1 aromatic carbocycles. The minimum atomic E-state index is 0. The van der Waals surface area contributed by atoms with Crippen LogP contribution in [0.5, 0.6) is 0 Å². The molecule has 0 spiro atoms. The van der Waals surface area contributed by atoms with E-state index in [-0.39, 0.29) is 29.9 Å². The second-order valence-corrected chi connectivity index (χ2v) is 7.18. The topological polar surface area (TPSA) is 68.8 Å². The van der Waals surface area contributed by atoms with Gasteiger partial charge in [-0.2, -0.15) is 0 Å². The van der Waals surface area contributed by atoms with Crippen LogP contribution in [0.15, 0.2) is 29.3 Å². The normalized spacial score (nSPS) is 15.6. The number of hydrogen-bond acceptors (Lipinski definition) is 3. The molecule has 6 nitrogen and oxygen atoms in total. The molecule has 158 valence electrons. The molecule has 1 fully saturated rings. The van der Waals surface area contributed by atoms with Crippen molar-refractivity contribution in [1.29, 1.82) is 0 Å². The summed E-state index contributed by atoms with van der Waals surface area (Å²) in [7, 11) is 1.81. The second-order valence-electron chi connectivity index (χ2n) is 7.18. The first kappa shape index (κ1) is 24.7. The molecule has 7 heteroatoms. The molecule has 0 aromatic heterocycles. The third-order valence-electron chi connectivity index (χ3n) is 4.84. The van der Waals surface area contributed by atoms with Crippen LogP contribution >= 0.6 is 24.0 Å². The highest BCUT2D eigenvalue weighted by atomic mass is 127. The Bertz CT molecular complexity index is 615. The first-order valence-corrected chi connectivity index (χ1v) is 10.2. The van der Waals surface area contributed by atoms with Gasteiger partial charge < -0.3 is 20.9 Å². The van der Waals surface area contributed by atoms with Crippen molar-refractivity contribution < 1.29 is 4.79 Å². The van der Waals surface area contributed by atoms with Crippen molar-refractivity contribution in [2.45, 2.75) is 58.5 Å². The average Bonchev–Trinajstić information content (AvgIpc) is 2.67. The van der Waals surface area contributed by atoms with E-state index in [2.05, 4.69) is 38.8 Å². The van der Waals surface area contributed by atoms with Crippen molar-refractivity contribution in [2.24, 2.45) is 4.99 Å². The summed E-state index contributed by atoms with van der Waals surface area (Å²) in [6.45, 7) is 8.42. The van der Waals surface area contributed by atoms with Crippen molar-refractivity contribution in [2.75, 3.05) is 32.0 Å². The number of anilines is 1. The molecule has 0 unspecified atom stereocenters. The first-order valence-electron chi connectivity index (χ1n) is 10.2. The summed E-state index contributed by atoms with van der Waals surface area (Å²) in [6, 6.07) is 8.44. The van der Waals surface area contributed by atoms with E-state index in [1.165, 1.54) is 13.0 Å². The summed E-state index contributed by atoms with van der Waals surface area (Å²) in [5.74, 6) is 0.902. The molecule has 0 radical (unpaired) electrons. The standard InChI is InChI=1S/C21H35N5O.HI/c1-4-7-20(27)24-19-9-6-8-17(15-19)16-23-21(22-3)25-18-10-13-26(12-5-2)14-11-18;/h6,8-9,15,18H,4-5,7,10-14,16H2,1-3H3,(H,24,27)(H2,22,23,25);1H. The maximum atomic E-state index is 11.8. The average molecular weight is 501 g/mol. The minimum absolute atomic E-state index is 0. The van der Waals surface area contributed by atoms with Gasteiger partial charge in [0, 0.05) is 44.8 Å². The van der Waals surface area contributed by atoms with Crippen LogP contribution in [0.25, 0.3) is 0 Å². The lowest BCUT2D eigenvalue weighted by Crippen LogP contribution is -2.48. The fraction of sp³-hybridized carbons (Fsp3) is 0.619. The van der Waals surface area contributed by atoms with E-state index in [0.29, 0.717) is 19.0 Å². The molecule has 1 heterocycles. The molecule has 0 bridgehead atoms. The number of hydrogen-bond donors (Lipinski definition) is 3. The van der Waals surface area contributed by atoms with Crippen LogP contribution < -0.4 is 16.0 Å². The number of carbonyl (C=O) groups is 1. The molecule has 1 amide bonds. The molecule has 2 rings (SSSR count). The van der Waals surface area contributed by atoms with Gasteiger partial charge in [0.05, 0.1) is 0 Å². The van der Waals surface area contributed by atoms with Gasteiger partial charge in [0.1, 0.15) is 0 Å². The second kappa shape index (κ2) is 13.8. The van der Waals surface area contributed by atoms with E-state index in [0.717, 1.165) is 49.6 Å². The summed E-state index contributed by atoms with van der Waals surface area (Å²) in [6.07, 6.45) is 4.93. The van der Waals surface area contributed by atoms with E-state index >= 15 is 0 Å². The third kappa shape index (κ3) is 8.77. The van der Waals surface area contributed by atoms with Crippen molar-refractivity contribution in [3.05, 3.63) is 29.8 Å². The number of carbonyl (C=O) groups excluding carboxylic acids is 1. The Morgan fingerprint density at radius 1 is 1.21 bits per heavy atom. The van der Waals surface area contributed by atoms with Crippen LogP contribution in [0.3, 0.4) is 0 Å². The predicted octanol–water partition coefficient (Wildman–Crippen LogP) is 3.58. The number of amides is 1. The van der Waals surface area contributed by atoms with Crippen LogP contribution in [-0.2, 0) is 11.3 Å². The van der Waals surface area contributed by atoms with Gasteiger partial charge in [0.15, 0.2) is 5.96 Å². The fourth-order valence-corrected chi connectivity index (χ4v) is 3.40. The highest BCUT2D eigenvalue weighted by molar-refractivity contribution is 14.0. The summed E-state index contributed by atoms with van der Waals surface area (Å²) in [5.41, 5.74) is 1.96. The van der Waals surface area contributed by atoms with Gasteiger partial charge in [-0.05, 0) is 49.9 Å². The smallest absolute Gasteiger partial charge is 0.224 e. The van der Waals surface area contributed by atoms with Crippen LogP contribution in [0.1, 0.15) is 51.5 Å². The van der Waals surface area contributed by atoms with Crippen molar-refractivity contribution in [3.8, 4) is 0 Å². The van der Waals surface area contributed by atoms with Gasteiger partial charge in [-0.25, -0.2) is 0 Å². The Balaban J connectivity index is 0.00000392. The molecule has 0 saturated carbocycles. The largest absolute Gasteiger partial charge is 0.354 e. The van der Waals surface area contributed by atoms with Gasteiger partial charge in [-0.3, -0.25) is 9.79 Å². The molecule has 0 atom stereocenters. The molecule has 1 aliphatic rings. The Kier molecular flexibility index (Phi) is 12.1. The number of nitrogens with zero attached hydrogens (tertiary/aromatic N) is 2. The maximum absolute atomic E-state index is 11.8. The predicted molar refractivity (Wildman–Crippen MR) is 128 cm³/mol. The zero-order valence-electron chi connectivity index (χ0n) is 17.5. The molecule has 1 saturated heterocycles. The first-order chi connectivity index (χ1) is 13.1. The SMILES string of the molecule is CCCC(=O)Nc1cccc(CNC(=NC)NC2CCN(CCC)CC2)c1.I. The Morgan fingerprint density at radius 3 is 2.61 bits per heavy atom. The Morgan fingerprint density at radius 2 is 1.96 bits per heavy atom. The molecule has 1 aliphatic heterocycles. The van der Waals surface area contributed by atoms with Crippen molar-refractivity contribution >= 4 is 41.5 Å². The van der Waals surface area contributed by atoms with Gasteiger partial charge in [-0.15, -0.1) is 24.0 Å². The molecular weight excluding hydrogens is 465 g/mol. The number of benzene rings is 1. The third-order valence-corrected chi connectivity index (χ3v) is 4.84. The van der Waals surface area contributed by atoms with Crippen LogP contribution in [0, 0.1) is 0 Å². The quantitative estimate of drug-likeness (QED) is 0.290. The highest BCUT2D eigenvalue weighted by Crippen LogP contribution is 2.12. The zero-order valence-corrected chi connectivity index (χ0v) is 19.8. The van der Waals surface area contributed by atoms with Crippen LogP contribution in [0.2, 0.25) is 0 Å². The summed E-state index contributed by atoms with van der Waals surface area (Å²) in [5, 5.41) is 9.88. The van der Waals surface area contributed by atoms with Gasteiger partial charge >= 0.3 is 0 Å². The number of nitrogens with one attached hydrogen (secondary N) is 3. The minimum Gasteiger partial charge on any atom is -0.354 e. The van der Waals surface area contributed by atoms with Gasteiger partial charge in [0.2, 0.25) is 5.91 Å². The summed E-state index contributed by atoms with van der Waals surface area (Å²) in [4.78, 5) is 18.7. The number of likely N-dealkylation sites (tertiary alicyclic amines) is 1. The van der Waals surface area contributed by atoms with Gasteiger partial charge in [-0.1, -0.05) is 26.0 Å². The van der Waals surface area contributed by atoms with Crippen LogP contribution in [0.4, 0.5) is 5.69 Å². The Hall–Kier alpha value is -1.35. The fourth-order valence-electron chi connectivity index (χ4n) is 3.40. The number of halogens is 1. The van der Waals surface area contributed by atoms with E-state index in [9.17, 15) is 4.79 Å². The molecule has 1 aromatic rings.